The molecule has 0 unspecified atom stereocenters. The van der Waals surface area contributed by atoms with Crippen molar-refractivity contribution in [1.82, 2.24) is 10.4 Å². The second-order valence-electron chi connectivity index (χ2n) is 3.60. The molecule has 2 rings (SSSR count). The Morgan fingerprint density at radius 2 is 2.11 bits per heavy atom. The Balaban J connectivity index is 2.00. The van der Waals surface area contributed by atoms with E-state index in [4.69, 9.17) is 0 Å². The minimum atomic E-state index is -0.969. The van der Waals surface area contributed by atoms with Crippen LogP contribution in [0.1, 0.15) is 16.1 Å². The minimum Gasteiger partial charge on any atom is -0.356 e. The zero-order valence-electron chi connectivity index (χ0n) is 9.45. The van der Waals surface area contributed by atoms with Gasteiger partial charge in [0.2, 0.25) is 0 Å². The fraction of sp³-hybridized carbons (Fsp3) is 0. The summed E-state index contributed by atoms with van der Waals surface area (Å²) in [5.74, 6) is -2.34. The molecule has 0 saturated carbocycles. The van der Waals surface area contributed by atoms with E-state index in [1.807, 2.05) is 0 Å². The van der Waals surface area contributed by atoms with Crippen LogP contribution in [-0.2, 0) is 0 Å². The number of H-pyrrole nitrogens is 1. The summed E-state index contributed by atoms with van der Waals surface area (Å²) in [6.45, 7) is 0. The van der Waals surface area contributed by atoms with Crippen LogP contribution in [0.5, 0.6) is 0 Å². The zero-order chi connectivity index (χ0) is 13.8. The van der Waals surface area contributed by atoms with Crippen molar-refractivity contribution in [3.05, 3.63) is 57.8 Å². The minimum absolute atomic E-state index is 0.328. The first-order valence-electron chi connectivity index (χ1n) is 5.18. The van der Waals surface area contributed by atoms with E-state index in [0.29, 0.717) is 11.3 Å². The van der Waals surface area contributed by atoms with Gasteiger partial charge in [-0.1, -0.05) is 6.07 Å². The number of nitrogens with one attached hydrogen (secondary N) is 2. The standard InChI is InChI=1S/C12H8BrF2N3O/c13-8-4-11(16-6-8)12(19)18-17-5-7-1-2-9(14)10(15)3-7/h1-6,16H,(H,18,19)/b17-5-. The summed E-state index contributed by atoms with van der Waals surface area (Å²) in [6, 6.07) is 4.90. The van der Waals surface area contributed by atoms with Crippen LogP contribution in [0.4, 0.5) is 8.78 Å². The number of carbonyl (C=O) groups excluding carboxylic acids is 1. The van der Waals surface area contributed by atoms with Crippen LogP contribution in [0, 0.1) is 11.6 Å². The molecule has 0 atom stereocenters. The predicted octanol–water partition coefficient (Wildman–Crippen LogP) is 2.82. The van der Waals surface area contributed by atoms with Crippen LogP contribution in [0.25, 0.3) is 0 Å². The first-order valence-corrected chi connectivity index (χ1v) is 5.98. The molecule has 98 valence electrons. The third-order valence-electron chi connectivity index (χ3n) is 2.22. The number of carbonyl (C=O) groups is 1. The van der Waals surface area contributed by atoms with E-state index in [1.54, 1.807) is 12.3 Å². The number of benzene rings is 1. The van der Waals surface area contributed by atoms with Crippen molar-refractivity contribution in [3.63, 3.8) is 0 Å². The number of rotatable bonds is 3. The number of aromatic amines is 1. The number of nitrogens with zero attached hydrogens (tertiary/aromatic N) is 1. The van der Waals surface area contributed by atoms with Crippen LogP contribution < -0.4 is 5.43 Å². The van der Waals surface area contributed by atoms with Crippen LogP contribution >= 0.6 is 15.9 Å². The lowest BCUT2D eigenvalue weighted by molar-refractivity contribution is 0.0951. The largest absolute Gasteiger partial charge is 0.356 e. The molecule has 0 bridgehead atoms. The van der Waals surface area contributed by atoms with Crippen molar-refractivity contribution in [1.29, 1.82) is 0 Å². The van der Waals surface area contributed by atoms with Gasteiger partial charge in [0.05, 0.1) is 6.21 Å². The van der Waals surface area contributed by atoms with Gasteiger partial charge in [-0.15, -0.1) is 0 Å². The molecule has 2 N–H and O–H groups in total. The van der Waals surface area contributed by atoms with Crippen molar-refractivity contribution < 1.29 is 13.6 Å². The van der Waals surface area contributed by atoms with Gasteiger partial charge in [0.15, 0.2) is 11.6 Å². The molecule has 0 aliphatic carbocycles. The summed E-state index contributed by atoms with van der Waals surface area (Å²) in [5, 5.41) is 3.65. The van der Waals surface area contributed by atoms with Gasteiger partial charge in [0.1, 0.15) is 5.69 Å². The highest BCUT2D eigenvalue weighted by Crippen LogP contribution is 2.10. The Kier molecular flexibility index (Phi) is 4.06. The normalized spacial score (nSPS) is 10.9. The smallest absolute Gasteiger partial charge is 0.287 e. The Bertz CT molecular complexity index is 640. The number of halogens is 3. The molecule has 0 aliphatic rings. The van der Waals surface area contributed by atoms with E-state index in [2.05, 4.69) is 31.4 Å². The molecule has 1 amide bonds. The quantitative estimate of drug-likeness (QED) is 0.661. The van der Waals surface area contributed by atoms with Gasteiger partial charge in [0, 0.05) is 10.7 Å². The van der Waals surface area contributed by atoms with Crippen LogP contribution in [0.2, 0.25) is 0 Å². The molecule has 1 aromatic heterocycles. The second kappa shape index (κ2) is 5.75. The van der Waals surface area contributed by atoms with E-state index in [9.17, 15) is 13.6 Å². The van der Waals surface area contributed by atoms with Crippen molar-refractivity contribution in [2.24, 2.45) is 5.10 Å². The molecule has 0 aliphatic heterocycles. The topological polar surface area (TPSA) is 57.2 Å². The highest BCUT2D eigenvalue weighted by atomic mass is 79.9. The average molecular weight is 328 g/mol. The van der Waals surface area contributed by atoms with Gasteiger partial charge in [0.25, 0.3) is 5.91 Å². The van der Waals surface area contributed by atoms with Gasteiger partial charge >= 0.3 is 0 Å². The van der Waals surface area contributed by atoms with Crippen molar-refractivity contribution in [2.45, 2.75) is 0 Å². The van der Waals surface area contributed by atoms with E-state index in [-0.39, 0.29) is 0 Å². The average Bonchev–Trinajstić information content (AvgIpc) is 2.80. The fourth-order valence-electron chi connectivity index (χ4n) is 1.32. The van der Waals surface area contributed by atoms with Crippen molar-refractivity contribution >= 4 is 28.1 Å². The number of hydrogen-bond donors (Lipinski definition) is 2. The van der Waals surface area contributed by atoms with Crippen LogP contribution in [0.15, 0.2) is 40.0 Å². The van der Waals surface area contributed by atoms with Crippen LogP contribution in [-0.4, -0.2) is 17.1 Å². The van der Waals surface area contributed by atoms with Gasteiger partial charge in [-0.2, -0.15) is 5.10 Å². The monoisotopic (exact) mass is 327 g/mol. The molecule has 0 saturated heterocycles. The zero-order valence-corrected chi connectivity index (χ0v) is 11.0. The SMILES string of the molecule is O=C(N/N=C\c1ccc(F)c(F)c1)c1cc(Br)c[nH]1. The molecular formula is C12H8BrF2N3O. The predicted molar refractivity (Wildman–Crippen MR) is 69.9 cm³/mol. The molecule has 1 aromatic carbocycles. The third-order valence-corrected chi connectivity index (χ3v) is 2.67. The summed E-state index contributed by atoms with van der Waals surface area (Å²) in [6.07, 6.45) is 2.83. The summed E-state index contributed by atoms with van der Waals surface area (Å²) in [7, 11) is 0. The van der Waals surface area contributed by atoms with E-state index < -0.39 is 17.5 Å². The Morgan fingerprint density at radius 3 is 2.74 bits per heavy atom. The van der Waals surface area contributed by atoms with E-state index in [0.717, 1.165) is 16.6 Å². The van der Waals surface area contributed by atoms with Crippen molar-refractivity contribution in [2.75, 3.05) is 0 Å². The highest BCUT2D eigenvalue weighted by molar-refractivity contribution is 9.10. The molecule has 19 heavy (non-hydrogen) atoms. The van der Waals surface area contributed by atoms with Gasteiger partial charge in [-0.05, 0) is 39.7 Å². The highest BCUT2D eigenvalue weighted by Gasteiger charge is 2.06. The molecule has 4 nitrogen and oxygen atoms in total. The fourth-order valence-corrected chi connectivity index (χ4v) is 1.66. The Hall–Kier alpha value is -2.02. The van der Waals surface area contributed by atoms with Gasteiger partial charge in [-0.3, -0.25) is 4.79 Å². The molecular weight excluding hydrogens is 320 g/mol. The molecule has 0 radical (unpaired) electrons. The molecule has 2 aromatic rings. The molecule has 7 heteroatoms. The second-order valence-corrected chi connectivity index (χ2v) is 4.52. The maximum Gasteiger partial charge on any atom is 0.287 e. The van der Waals surface area contributed by atoms with Gasteiger partial charge < -0.3 is 4.98 Å². The Labute approximate surface area is 115 Å². The maximum absolute atomic E-state index is 12.9. The maximum atomic E-state index is 12.9. The molecule has 0 fully saturated rings. The van der Waals surface area contributed by atoms with E-state index >= 15 is 0 Å². The van der Waals surface area contributed by atoms with Gasteiger partial charge in [-0.25, -0.2) is 14.2 Å². The Morgan fingerprint density at radius 1 is 1.32 bits per heavy atom. The summed E-state index contributed by atoms with van der Waals surface area (Å²) in [5.41, 5.74) is 2.92. The number of aromatic nitrogens is 1. The summed E-state index contributed by atoms with van der Waals surface area (Å²) in [4.78, 5) is 14.3. The first-order chi connectivity index (χ1) is 9.06. The lowest BCUT2D eigenvalue weighted by atomic mass is 10.2. The number of hydrazone groups is 1. The first kappa shape index (κ1) is 13.4. The molecule has 1 heterocycles. The summed E-state index contributed by atoms with van der Waals surface area (Å²) < 4.78 is 26.3. The lowest BCUT2D eigenvalue weighted by Gasteiger charge is -1.97. The lowest BCUT2D eigenvalue weighted by Crippen LogP contribution is -2.17. The third kappa shape index (κ3) is 3.47. The summed E-state index contributed by atoms with van der Waals surface area (Å²) >= 11 is 3.19. The number of hydrogen-bond acceptors (Lipinski definition) is 2. The molecule has 0 spiro atoms. The van der Waals surface area contributed by atoms with E-state index in [1.165, 1.54) is 12.3 Å². The van der Waals surface area contributed by atoms with Crippen molar-refractivity contribution in [3.8, 4) is 0 Å². The number of amides is 1. The van der Waals surface area contributed by atoms with Crippen LogP contribution in [0.3, 0.4) is 0 Å².